The second-order valence-electron chi connectivity index (χ2n) is 3.93. The molecule has 12 heavy (non-hydrogen) atoms. The molecule has 0 spiro atoms. The molecular weight excluding hydrogens is 150 g/mol. The van der Waals surface area contributed by atoms with Crippen LogP contribution in [0.5, 0.6) is 0 Å². The number of likely N-dealkylation sites (N-methyl/N-ethyl adjacent to an activating group) is 1. The highest BCUT2D eigenvalue weighted by Crippen LogP contribution is 2.22. The molecule has 70 valence electrons. The predicted octanol–water partition coefficient (Wildman–Crippen LogP) is 1.41. The van der Waals surface area contributed by atoms with E-state index in [-0.39, 0.29) is 0 Å². The largest absolute Gasteiger partial charge is 0.386 e. The summed E-state index contributed by atoms with van der Waals surface area (Å²) < 4.78 is 0. The topological polar surface area (TPSA) is 23.5 Å². The third kappa shape index (κ3) is 2.32. The molecule has 1 aliphatic rings. The van der Waals surface area contributed by atoms with Gasteiger partial charge < -0.3 is 5.11 Å². The Morgan fingerprint density at radius 2 is 2.25 bits per heavy atom. The van der Waals surface area contributed by atoms with Gasteiger partial charge in [-0.15, -0.1) is 0 Å². The Kier molecular flexibility index (Phi) is 2.91. The van der Waals surface area contributed by atoms with E-state index in [4.69, 9.17) is 0 Å². The minimum Gasteiger partial charge on any atom is -0.386 e. The fourth-order valence-electron chi connectivity index (χ4n) is 1.55. The van der Waals surface area contributed by atoms with E-state index in [1.165, 1.54) is 5.57 Å². The quantitative estimate of drug-likeness (QED) is 0.632. The fraction of sp³-hybridized carbons (Fsp3) is 0.800. The van der Waals surface area contributed by atoms with Crippen LogP contribution in [0.25, 0.3) is 0 Å². The summed E-state index contributed by atoms with van der Waals surface area (Å²) >= 11 is 0. The van der Waals surface area contributed by atoms with Crippen molar-refractivity contribution < 1.29 is 5.11 Å². The van der Waals surface area contributed by atoms with E-state index in [9.17, 15) is 5.11 Å². The Labute approximate surface area is 74.9 Å². The van der Waals surface area contributed by atoms with E-state index in [2.05, 4.69) is 17.9 Å². The normalized spacial score (nSPS) is 20.8. The van der Waals surface area contributed by atoms with Crippen molar-refractivity contribution >= 4 is 0 Å². The maximum absolute atomic E-state index is 9.71. The molecule has 0 unspecified atom stereocenters. The van der Waals surface area contributed by atoms with Crippen LogP contribution >= 0.6 is 0 Å². The van der Waals surface area contributed by atoms with E-state index in [1.807, 2.05) is 13.8 Å². The van der Waals surface area contributed by atoms with Crippen LogP contribution < -0.4 is 0 Å². The van der Waals surface area contributed by atoms with Gasteiger partial charge in [0.1, 0.15) is 0 Å². The Morgan fingerprint density at radius 1 is 1.58 bits per heavy atom. The number of hydrogen-bond donors (Lipinski definition) is 1. The fourth-order valence-corrected chi connectivity index (χ4v) is 1.55. The van der Waals surface area contributed by atoms with Crippen LogP contribution in [0.3, 0.4) is 0 Å². The van der Waals surface area contributed by atoms with Crippen molar-refractivity contribution in [3.8, 4) is 0 Å². The Bertz CT molecular complexity index is 179. The van der Waals surface area contributed by atoms with Gasteiger partial charge in [0.05, 0.1) is 5.60 Å². The van der Waals surface area contributed by atoms with Gasteiger partial charge in [-0.25, -0.2) is 0 Å². The molecule has 2 nitrogen and oxygen atoms in total. The molecule has 1 rings (SSSR count). The summed E-state index contributed by atoms with van der Waals surface area (Å²) in [5, 5.41) is 9.71. The molecule has 0 aliphatic carbocycles. The number of hydrogen-bond acceptors (Lipinski definition) is 2. The molecule has 0 atom stereocenters. The third-order valence-electron chi connectivity index (χ3n) is 2.53. The molecule has 0 saturated carbocycles. The van der Waals surface area contributed by atoms with E-state index in [0.717, 1.165) is 26.1 Å². The van der Waals surface area contributed by atoms with E-state index in [1.54, 1.807) is 0 Å². The molecule has 2 heteroatoms. The van der Waals surface area contributed by atoms with E-state index < -0.39 is 5.60 Å². The molecule has 0 radical (unpaired) electrons. The van der Waals surface area contributed by atoms with Gasteiger partial charge in [-0.1, -0.05) is 13.0 Å². The van der Waals surface area contributed by atoms with Crippen LogP contribution in [0, 0.1) is 0 Å². The molecule has 1 N–H and O–H groups in total. The van der Waals surface area contributed by atoms with Crippen LogP contribution in [-0.4, -0.2) is 35.2 Å². The van der Waals surface area contributed by atoms with Gasteiger partial charge in [-0.3, -0.25) is 4.90 Å². The Balaban J connectivity index is 2.56. The lowest BCUT2D eigenvalue weighted by Gasteiger charge is -2.30. The molecule has 0 saturated heterocycles. The Morgan fingerprint density at radius 3 is 2.58 bits per heavy atom. The molecule has 1 heterocycles. The zero-order valence-corrected chi connectivity index (χ0v) is 8.30. The van der Waals surface area contributed by atoms with Crippen LogP contribution in [0.15, 0.2) is 11.6 Å². The van der Waals surface area contributed by atoms with Gasteiger partial charge in [0, 0.05) is 13.1 Å². The molecule has 0 bridgehead atoms. The first-order valence-electron chi connectivity index (χ1n) is 4.68. The zero-order chi connectivity index (χ0) is 9.19. The summed E-state index contributed by atoms with van der Waals surface area (Å²) in [6, 6.07) is 0. The number of rotatable bonds is 2. The molecule has 0 aromatic carbocycles. The van der Waals surface area contributed by atoms with Crippen molar-refractivity contribution in [1.29, 1.82) is 0 Å². The van der Waals surface area contributed by atoms with Gasteiger partial charge in [0.25, 0.3) is 0 Å². The van der Waals surface area contributed by atoms with Gasteiger partial charge in [-0.05, 0) is 32.4 Å². The Hall–Kier alpha value is -0.340. The first kappa shape index (κ1) is 9.75. The average Bonchev–Trinajstić information content (AvgIpc) is 2.03. The van der Waals surface area contributed by atoms with Gasteiger partial charge in [0.15, 0.2) is 0 Å². The summed E-state index contributed by atoms with van der Waals surface area (Å²) in [7, 11) is 0. The van der Waals surface area contributed by atoms with E-state index >= 15 is 0 Å². The summed E-state index contributed by atoms with van der Waals surface area (Å²) in [5.74, 6) is 0. The minimum atomic E-state index is -0.611. The smallest absolute Gasteiger partial charge is 0.0801 e. The first-order valence-corrected chi connectivity index (χ1v) is 4.68. The van der Waals surface area contributed by atoms with Gasteiger partial charge in [0.2, 0.25) is 0 Å². The molecule has 1 aliphatic heterocycles. The van der Waals surface area contributed by atoms with E-state index in [0.29, 0.717) is 0 Å². The number of aliphatic hydroxyl groups is 1. The lowest BCUT2D eigenvalue weighted by Crippen LogP contribution is -2.34. The van der Waals surface area contributed by atoms with Crippen molar-refractivity contribution in [3.05, 3.63) is 11.6 Å². The standard InChI is InChI=1S/C10H19NO/c1-4-11-7-5-9(6-8-11)10(2,3)12/h5,12H,4,6-8H2,1-3H3. The highest BCUT2D eigenvalue weighted by Gasteiger charge is 2.21. The monoisotopic (exact) mass is 169 g/mol. The summed E-state index contributed by atoms with van der Waals surface area (Å²) in [5.41, 5.74) is 0.576. The van der Waals surface area contributed by atoms with Crippen molar-refractivity contribution in [3.63, 3.8) is 0 Å². The molecule has 0 aromatic rings. The maximum atomic E-state index is 9.71. The molecule has 0 fully saturated rings. The van der Waals surface area contributed by atoms with Crippen LogP contribution in [-0.2, 0) is 0 Å². The molecule has 0 aromatic heterocycles. The van der Waals surface area contributed by atoms with Crippen LogP contribution in [0.1, 0.15) is 27.2 Å². The minimum absolute atomic E-state index is 0.611. The SMILES string of the molecule is CCN1CC=C(C(C)(C)O)CC1. The highest BCUT2D eigenvalue weighted by atomic mass is 16.3. The molecule has 0 amide bonds. The van der Waals surface area contributed by atoms with Crippen molar-refractivity contribution in [2.45, 2.75) is 32.8 Å². The second-order valence-corrected chi connectivity index (χ2v) is 3.93. The van der Waals surface area contributed by atoms with Crippen molar-refractivity contribution in [1.82, 2.24) is 4.90 Å². The van der Waals surface area contributed by atoms with Crippen LogP contribution in [0.2, 0.25) is 0 Å². The lowest BCUT2D eigenvalue weighted by atomic mass is 9.93. The second kappa shape index (κ2) is 3.58. The molecular formula is C10H19NO. The van der Waals surface area contributed by atoms with Crippen molar-refractivity contribution in [2.75, 3.05) is 19.6 Å². The third-order valence-corrected chi connectivity index (χ3v) is 2.53. The van der Waals surface area contributed by atoms with Gasteiger partial charge >= 0.3 is 0 Å². The average molecular weight is 169 g/mol. The summed E-state index contributed by atoms with van der Waals surface area (Å²) in [6.07, 6.45) is 3.17. The lowest BCUT2D eigenvalue weighted by molar-refractivity contribution is 0.109. The maximum Gasteiger partial charge on any atom is 0.0801 e. The van der Waals surface area contributed by atoms with Crippen molar-refractivity contribution in [2.24, 2.45) is 0 Å². The van der Waals surface area contributed by atoms with Gasteiger partial charge in [-0.2, -0.15) is 0 Å². The number of nitrogens with zero attached hydrogens (tertiary/aromatic N) is 1. The summed E-state index contributed by atoms with van der Waals surface area (Å²) in [6.45, 7) is 9.08. The first-order chi connectivity index (χ1) is 5.54. The van der Waals surface area contributed by atoms with Crippen LogP contribution in [0.4, 0.5) is 0 Å². The summed E-state index contributed by atoms with van der Waals surface area (Å²) in [4.78, 5) is 2.37. The zero-order valence-electron chi connectivity index (χ0n) is 8.30. The highest BCUT2D eigenvalue weighted by molar-refractivity contribution is 5.16. The predicted molar refractivity (Wildman–Crippen MR) is 51.1 cm³/mol.